The van der Waals surface area contributed by atoms with Gasteiger partial charge in [0.15, 0.2) is 0 Å². The minimum absolute atomic E-state index is 0.629. The second-order valence-electron chi connectivity index (χ2n) is 4.99. The van der Waals surface area contributed by atoms with Gasteiger partial charge in [-0.3, -0.25) is 4.99 Å². The van der Waals surface area contributed by atoms with Gasteiger partial charge < -0.3 is 0 Å². The predicted octanol–water partition coefficient (Wildman–Crippen LogP) is 4.90. The second kappa shape index (κ2) is 6.67. The van der Waals surface area contributed by atoms with Gasteiger partial charge in [-0.2, -0.15) is 0 Å². The molecule has 1 heteroatoms. The second-order valence-corrected chi connectivity index (χ2v) is 4.99. The Balaban J connectivity index is 3.00. The Hall–Kier alpha value is -0.850. The summed E-state index contributed by atoms with van der Waals surface area (Å²) in [5, 5.41) is 0. The highest BCUT2D eigenvalue weighted by Gasteiger charge is 2.14. The van der Waals surface area contributed by atoms with Gasteiger partial charge in [-0.1, -0.05) is 38.8 Å². The fraction of sp³-hybridized carbons (Fsp3) is 0.667. The maximum Gasteiger partial charge on any atom is 0.0434 e. The Kier molecular flexibility index (Phi) is 5.51. The molecule has 0 N–H and O–H groups in total. The molecule has 0 saturated heterocycles. The molecule has 0 aromatic heterocycles. The molecule has 0 bridgehead atoms. The molecule has 0 radical (unpaired) electrons. The van der Waals surface area contributed by atoms with Gasteiger partial charge in [0.05, 0.1) is 0 Å². The van der Waals surface area contributed by atoms with Crippen LogP contribution >= 0.6 is 0 Å². The summed E-state index contributed by atoms with van der Waals surface area (Å²) in [7, 11) is 0. The van der Waals surface area contributed by atoms with E-state index < -0.39 is 0 Å². The standard InChI is InChI=1S/C15H25N/c1-5-16-15-11-9-7-6-8-10-14(15)13(4)12(2)3/h5,12H,1,6-11H2,2-4H3/b14-13+,16-15?. The lowest BCUT2D eigenvalue weighted by atomic mass is 9.87. The zero-order chi connectivity index (χ0) is 12.0. The van der Waals surface area contributed by atoms with Crippen LogP contribution in [0.3, 0.4) is 0 Å². The molecule has 1 rings (SSSR count). The number of rotatable bonds is 2. The van der Waals surface area contributed by atoms with E-state index in [1.165, 1.54) is 49.0 Å². The SMILES string of the molecule is C=CN=C1CCCCCC/C1=C(/C)C(C)C. The zero-order valence-electron chi connectivity index (χ0n) is 11.1. The summed E-state index contributed by atoms with van der Waals surface area (Å²) < 4.78 is 0. The van der Waals surface area contributed by atoms with E-state index in [4.69, 9.17) is 0 Å². The highest BCUT2D eigenvalue weighted by Crippen LogP contribution is 2.26. The number of nitrogens with zero attached hydrogens (tertiary/aromatic N) is 1. The Morgan fingerprint density at radius 1 is 1.19 bits per heavy atom. The molecule has 1 nitrogen and oxygen atoms in total. The molecule has 1 fully saturated rings. The number of hydrogen-bond acceptors (Lipinski definition) is 1. The molecule has 16 heavy (non-hydrogen) atoms. The fourth-order valence-corrected chi connectivity index (χ4v) is 2.27. The first-order valence-electron chi connectivity index (χ1n) is 6.54. The molecule has 1 aliphatic carbocycles. The van der Waals surface area contributed by atoms with Crippen molar-refractivity contribution in [2.45, 2.75) is 59.3 Å². The Morgan fingerprint density at radius 3 is 2.38 bits per heavy atom. The average molecular weight is 219 g/mol. The van der Waals surface area contributed by atoms with Crippen molar-refractivity contribution >= 4 is 5.71 Å². The summed E-state index contributed by atoms with van der Waals surface area (Å²) in [6.45, 7) is 10.5. The van der Waals surface area contributed by atoms with Crippen molar-refractivity contribution in [2.75, 3.05) is 0 Å². The highest BCUT2D eigenvalue weighted by molar-refractivity contribution is 6.01. The van der Waals surface area contributed by atoms with Crippen LogP contribution in [0.25, 0.3) is 0 Å². The van der Waals surface area contributed by atoms with E-state index in [1.807, 2.05) is 0 Å². The maximum atomic E-state index is 4.49. The number of hydrogen-bond donors (Lipinski definition) is 0. The van der Waals surface area contributed by atoms with Crippen LogP contribution in [-0.2, 0) is 0 Å². The normalized spacial score (nSPS) is 24.1. The fourth-order valence-electron chi connectivity index (χ4n) is 2.27. The molecule has 0 aliphatic heterocycles. The summed E-state index contributed by atoms with van der Waals surface area (Å²) in [5.74, 6) is 0.629. The molecule has 0 aromatic rings. The van der Waals surface area contributed by atoms with Crippen molar-refractivity contribution in [2.24, 2.45) is 10.9 Å². The van der Waals surface area contributed by atoms with Gasteiger partial charge in [0, 0.05) is 11.9 Å². The predicted molar refractivity (Wildman–Crippen MR) is 72.9 cm³/mol. The third-order valence-corrected chi connectivity index (χ3v) is 3.53. The number of aliphatic imine (C=N–C) groups is 1. The van der Waals surface area contributed by atoms with E-state index in [-0.39, 0.29) is 0 Å². The molecular formula is C15H25N. The quantitative estimate of drug-likeness (QED) is 0.626. The molecule has 0 atom stereocenters. The molecule has 1 aliphatic rings. The molecule has 1 saturated carbocycles. The summed E-state index contributed by atoms with van der Waals surface area (Å²) in [6, 6.07) is 0. The van der Waals surface area contributed by atoms with Crippen molar-refractivity contribution in [3.63, 3.8) is 0 Å². The van der Waals surface area contributed by atoms with E-state index in [0.717, 1.165) is 6.42 Å². The van der Waals surface area contributed by atoms with Gasteiger partial charge in [0.2, 0.25) is 0 Å². The van der Waals surface area contributed by atoms with Crippen molar-refractivity contribution in [1.82, 2.24) is 0 Å². The van der Waals surface area contributed by atoms with E-state index in [0.29, 0.717) is 5.92 Å². The lowest BCUT2D eigenvalue weighted by Gasteiger charge is -2.19. The maximum absolute atomic E-state index is 4.49. The van der Waals surface area contributed by atoms with Gasteiger partial charge in [0.1, 0.15) is 0 Å². The summed E-state index contributed by atoms with van der Waals surface area (Å²) in [4.78, 5) is 4.49. The topological polar surface area (TPSA) is 12.4 Å². The van der Waals surface area contributed by atoms with Crippen LogP contribution in [0, 0.1) is 5.92 Å². The average Bonchev–Trinajstić information content (AvgIpc) is 2.21. The first-order valence-corrected chi connectivity index (χ1v) is 6.54. The molecule has 90 valence electrons. The highest BCUT2D eigenvalue weighted by atomic mass is 14.7. The van der Waals surface area contributed by atoms with Crippen LogP contribution in [-0.4, -0.2) is 5.71 Å². The largest absolute Gasteiger partial charge is 0.262 e. The van der Waals surface area contributed by atoms with Gasteiger partial charge in [-0.05, 0) is 44.1 Å². The van der Waals surface area contributed by atoms with Gasteiger partial charge in [-0.25, -0.2) is 0 Å². The van der Waals surface area contributed by atoms with Crippen molar-refractivity contribution in [3.05, 3.63) is 23.9 Å². The molecule has 0 amide bonds. The van der Waals surface area contributed by atoms with Crippen LogP contribution in [0.15, 0.2) is 28.9 Å². The van der Waals surface area contributed by atoms with Crippen LogP contribution in [0.5, 0.6) is 0 Å². The van der Waals surface area contributed by atoms with Crippen molar-refractivity contribution in [1.29, 1.82) is 0 Å². The van der Waals surface area contributed by atoms with E-state index in [9.17, 15) is 0 Å². The van der Waals surface area contributed by atoms with E-state index >= 15 is 0 Å². The van der Waals surface area contributed by atoms with E-state index in [1.54, 1.807) is 6.20 Å². The van der Waals surface area contributed by atoms with Crippen LogP contribution in [0.2, 0.25) is 0 Å². The van der Waals surface area contributed by atoms with Crippen LogP contribution < -0.4 is 0 Å². The molecular weight excluding hydrogens is 194 g/mol. The zero-order valence-corrected chi connectivity index (χ0v) is 11.1. The van der Waals surface area contributed by atoms with Gasteiger partial charge >= 0.3 is 0 Å². The molecule has 0 heterocycles. The van der Waals surface area contributed by atoms with E-state index in [2.05, 4.69) is 32.3 Å². The monoisotopic (exact) mass is 219 g/mol. The summed E-state index contributed by atoms with van der Waals surface area (Å²) in [5.41, 5.74) is 4.32. The Labute approximate surface area is 100 Å². The lowest BCUT2D eigenvalue weighted by molar-refractivity contribution is 0.631. The van der Waals surface area contributed by atoms with Crippen LogP contribution in [0.4, 0.5) is 0 Å². The van der Waals surface area contributed by atoms with Gasteiger partial charge in [-0.15, -0.1) is 0 Å². The molecule has 0 spiro atoms. The first-order chi connectivity index (χ1) is 7.66. The van der Waals surface area contributed by atoms with Crippen molar-refractivity contribution in [3.8, 4) is 0 Å². The third-order valence-electron chi connectivity index (χ3n) is 3.53. The van der Waals surface area contributed by atoms with Crippen LogP contribution in [0.1, 0.15) is 59.3 Å². The number of allylic oxidation sites excluding steroid dienone is 2. The smallest absolute Gasteiger partial charge is 0.0434 e. The Morgan fingerprint density at radius 2 is 1.81 bits per heavy atom. The first kappa shape index (κ1) is 13.2. The molecule has 0 unspecified atom stereocenters. The third kappa shape index (κ3) is 3.62. The minimum atomic E-state index is 0.629. The summed E-state index contributed by atoms with van der Waals surface area (Å²) in [6.07, 6.45) is 9.35. The summed E-state index contributed by atoms with van der Waals surface area (Å²) >= 11 is 0. The van der Waals surface area contributed by atoms with Gasteiger partial charge in [0.25, 0.3) is 0 Å². The lowest BCUT2D eigenvalue weighted by Crippen LogP contribution is -2.10. The minimum Gasteiger partial charge on any atom is -0.262 e. The van der Waals surface area contributed by atoms with Crippen molar-refractivity contribution < 1.29 is 0 Å². The molecule has 0 aromatic carbocycles. The Bertz CT molecular complexity index is 295.